The monoisotopic (exact) mass is 382 g/mol. The Morgan fingerprint density at radius 1 is 1.36 bits per heavy atom. The second-order valence-corrected chi connectivity index (χ2v) is 7.72. The number of hydrogen-bond donors (Lipinski definition) is 1. The molecule has 1 unspecified atom stereocenters. The lowest BCUT2D eigenvalue weighted by Gasteiger charge is -2.40. The van der Waals surface area contributed by atoms with Gasteiger partial charge in [-0.3, -0.25) is 14.6 Å². The number of ether oxygens (including phenoxy) is 1. The second-order valence-electron chi connectivity index (χ2n) is 7.72. The molecule has 7 nitrogen and oxygen atoms in total. The zero-order valence-electron chi connectivity index (χ0n) is 16.4. The van der Waals surface area contributed by atoms with E-state index in [1.54, 1.807) is 19.5 Å². The Hall–Kier alpha value is -2.54. The van der Waals surface area contributed by atoms with Gasteiger partial charge in [-0.25, -0.2) is 4.98 Å². The Kier molecular flexibility index (Phi) is 5.02. The van der Waals surface area contributed by atoms with E-state index in [9.17, 15) is 9.59 Å². The average Bonchev–Trinajstić information content (AvgIpc) is 3.08. The van der Waals surface area contributed by atoms with Crippen LogP contribution in [0.25, 0.3) is 11.4 Å². The van der Waals surface area contributed by atoms with Gasteiger partial charge in [0.25, 0.3) is 11.5 Å². The molecule has 3 heterocycles. The number of aromatic nitrogens is 3. The van der Waals surface area contributed by atoms with Gasteiger partial charge in [0.1, 0.15) is 11.9 Å². The molecule has 4 rings (SSSR count). The molecule has 0 saturated carbocycles. The van der Waals surface area contributed by atoms with Crippen LogP contribution in [0.3, 0.4) is 0 Å². The Morgan fingerprint density at radius 3 is 2.79 bits per heavy atom. The van der Waals surface area contributed by atoms with Crippen molar-refractivity contribution in [1.29, 1.82) is 0 Å². The van der Waals surface area contributed by atoms with Gasteiger partial charge in [-0.1, -0.05) is 6.92 Å². The number of carbonyl (C=O) groups is 1. The summed E-state index contributed by atoms with van der Waals surface area (Å²) in [5.41, 5.74) is 2.36. The number of nitrogens with one attached hydrogen (secondary N) is 1. The van der Waals surface area contributed by atoms with E-state index in [0.717, 1.165) is 42.5 Å². The zero-order chi connectivity index (χ0) is 19.7. The average molecular weight is 382 g/mol. The maximum absolute atomic E-state index is 12.7. The number of carbonyl (C=O) groups excluding carboxylic acids is 1. The number of likely N-dealkylation sites (tertiary alicyclic amines) is 1. The maximum Gasteiger partial charge on any atom is 0.254 e. The molecule has 1 atom stereocenters. The molecule has 1 saturated heterocycles. The van der Waals surface area contributed by atoms with Crippen molar-refractivity contribution in [2.75, 3.05) is 20.2 Å². The minimum atomic E-state index is -0.372. The first kappa shape index (κ1) is 18.8. The summed E-state index contributed by atoms with van der Waals surface area (Å²) in [6.07, 6.45) is 7.03. The van der Waals surface area contributed by atoms with Crippen LogP contribution < -0.4 is 5.56 Å². The number of piperidine rings is 1. The van der Waals surface area contributed by atoms with Crippen LogP contribution in [-0.2, 0) is 21.4 Å². The van der Waals surface area contributed by atoms with Crippen LogP contribution in [0.4, 0.5) is 0 Å². The topological polar surface area (TPSA) is 88.2 Å². The highest BCUT2D eigenvalue weighted by Gasteiger charge is 2.45. The van der Waals surface area contributed by atoms with Crippen molar-refractivity contribution < 1.29 is 9.53 Å². The Bertz CT molecular complexity index is 913. The van der Waals surface area contributed by atoms with E-state index >= 15 is 0 Å². The van der Waals surface area contributed by atoms with Crippen LogP contribution in [0, 0.1) is 0 Å². The molecule has 7 heteroatoms. The lowest BCUT2D eigenvalue weighted by molar-refractivity contribution is -0.143. The molecule has 2 aromatic heterocycles. The van der Waals surface area contributed by atoms with Crippen LogP contribution in [0.5, 0.6) is 0 Å². The summed E-state index contributed by atoms with van der Waals surface area (Å²) in [4.78, 5) is 39.1. The number of nitrogens with zero attached hydrogens (tertiary/aromatic N) is 3. The number of methoxy groups -OCH3 is 1. The molecule has 0 radical (unpaired) electrons. The molecule has 1 aliphatic heterocycles. The van der Waals surface area contributed by atoms with Crippen molar-refractivity contribution in [3.63, 3.8) is 0 Å². The van der Waals surface area contributed by atoms with Gasteiger partial charge in [0.05, 0.1) is 5.69 Å². The van der Waals surface area contributed by atoms with Gasteiger partial charge >= 0.3 is 0 Å². The lowest BCUT2D eigenvalue weighted by Crippen LogP contribution is -2.48. The summed E-state index contributed by atoms with van der Waals surface area (Å²) >= 11 is 0. The summed E-state index contributed by atoms with van der Waals surface area (Å²) < 4.78 is 5.31. The van der Waals surface area contributed by atoms with Crippen LogP contribution in [-0.4, -0.2) is 52.1 Å². The zero-order valence-corrected chi connectivity index (χ0v) is 16.4. The summed E-state index contributed by atoms with van der Waals surface area (Å²) in [5.74, 6) is 0.634. The Morgan fingerprint density at radius 2 is 2.14 bits per heavy atom. The molecular weight excluding hydrogens is 356 g/mol. The van der Waals surface area contributed by atoms with Gasteiger partial charge in [-0.15, -0.1) is 0 Å². The lowest BCUT2D eigenvalue weighted by atomic mass is 9.76. The van der Waals surface area contributed by atoms with Gasteiger partial charge in [-0.05, 0) is 44.2 Å². The van der Waals surface area contributed by atoms with E-state index in [4.69, 9.17) is 9.72 Å². The standard InChI is InChI=1S/C21H26N4O3/c1-3-16(28-2)20(27)25-11-8-21(9-12-25)7-6-15-17(21)23-18(24-19(15)26)14-5-4-10-22-13-14/h4-5,10,13,16H,3,6-9,11-12H2,1-2H3,(H,23,24,26). The molecule has 1 aliphatic carbocycles. The van der Waals surface area contributed by atoms with E-state index in [1.807, 2.05) is 24.0 Å². The fraction of sp³-hybridized carbons (Fsp3) is 0.524. The fourth-order valence-corrected chi connectivity index (χ4v) is 4.58. The van der Waals surface area contributed by atoms with Crippen molar-refractivity contribution in [3.8, 4) is 11.4 Å². The molecule has 2 aliphatic rings. The Labute approximate surface area is 164 Å². The summed E-state index contributed by atoms with van der Waals surface area (Å²) in [6, 6.07) is 3.73. The molecule has 148 valence electrons. The number of H-pyrrole nitrogens is 1. The normalized spacial score (nSPS) is 18.9. The van der Waals surface area contributed by atoms with Crippen molar-refractivity contribution in [2.45, 2.75) is 50.5 Å². The molecule has 1 fully saturated rings. The molecule has 2 aromatic rings. The molecular formula is C21H26N4O3. The van der Waals surface area contributed by atoms with Crippen LogP contribution in [0.1, 0.15) is 43.9 Å². The third-order valence-electron chi connectivity index (χ3n) is 6.27. The van der Waals surface area contributed by atoms with Gasteiger partial charge in [0.2, 0.25) is 0 Å². The fourth-order valence-electron chi connectivity index (χ4n) is 4.58. The highest BCUT2D eigenvalue weighted by Crippen LogP contribution is 2.44. The molecule has 1 spiro atoms. The number of amides is 1. The predicted octanol–water partition coefficient (Wildman–Crippen LogP) is 2.06. The van der Waals surface area contributed by atoms with Gasteiger partial charge in [0, 0.05) is 49.1 Å². The third-order valence-corrected chi connectivity index (χ3v) is 6.27. The van der Waals surface area contributed by atoms with Crippen molar-refractivity contribution in [2.24, 2.45) is 0 Å². The van der Waals surface area contributed by atoms with E-state index in [2.05, 4.69) is 9.97 Å². The van der Waals surface area contributed by atoms with Crippen LogP contribution in [0.15, 0.2) is 29.3 Å². The molecule has 1 N–H and O–H groups in total. The minimum Gasteiger partial charge on any atom is -0.372 e. The summed E-state index contributed by atoms with van der Waals surface area (Å²) in [5, 5.41) is 0. The van der Waals surface area contributed by atoms with E-state index < -0.39 is 0 Å². The first-order valence-electron chi connectivity index (χ1n) is 9.93. The first-order chi connectivity index (χ1) is 13.6. The number of hydrogen-bond acceptors (Lipinski definition) is 5. The molecule has 0 aromatic carbocycles. The van der Waals surface area contributed by atoms with Gasteiger partial charge in [0.15, 0.2) is 0 Å². The smallest absolute Gasteiger partial charge is 0.254 e. The molecule has 0 bridgehead atoms. The third kappa shape index (κ3) is 3.13. The quantitative estimate of drug-likeness (QED) is 0.874. The first-order valence-corrected chi connectivity index (χ1v) is 9.93. The van der Waals surface area contributed by atoms with E-state index in [-0.39, 0.29) is 23.0 Å². The SMILES string of the molecule is CCC(OC)C(=O)N1CCC2(CCc3c2nc(-c2cccnc2)[nH]c3=O)CC1. The van der Waals surface area contributed by atoms with Crippen LogP contribution >= 0.6 is 0 Å². The number of aromatic amines is 1. The minimum absolute atomic E-state index is 0.0512. The van der Waals surface area contributed by atoms with Gasteiger partial charge in [-0.2, -0.15) is 0 Å². The highest BCUT2D eigenvalue weighted by atomic mass is 16.5. The largest absolute Gasteiger partial charge is 0.372 e. The number of fused-ring (bicyclic) bond motifs is 2. The van der Waals surface area contributed by atoms with Crippen molar-refractivity contribution >= 4 is 5.91 Å². The van der Waals surface area contributed by atoms with E-state index in [1.165, 1.54) is 0 Å². The van der Waals surface area contributed by atoms with E-state index in [0.29, 0.717) is 25.3 Å². The Balaban J connectivity index is 1.61. The molecule has 1 amide bonds. The second kappa shape index (κ2) is 7.47. The summed E-state index contributed by atoms with van der Waals surface area (Å²) in [6.45, 7) is 3.31. The maximum atomic E-state index is 12.7. The van der Waals surface area contributed by atoms with Crippen molar-refractivity contribution in [3.05, 3.63) is 46.1 Å². The number of rotatable bonds is 4. The van der Waals surface area contributed by atoms with Crippen molar-refractivity contribution in [1.82, 2.24) is 19.9 Å². The number of pyridine rings is 1. The molecule has 28 heavy (non-hydrogen) atoms. The van der Waals surface area contributed by atoms with Crippen LogP contribution in [0.2, 0.25) is 0 Å². The highest BCUT2D eigenvalue weighted by molar-refractivity contribution is 5.81. The predicted molar refractivity (Wildman–Crippen MR) is 105 cm³/mol. The van der Waals surface area contributed by atoms with Gasteiger partial charge < -0.3 is 14.6 Å². The summed E-state index contributed by atoms with van der Waals surface area (Å²) in [7, 11) is 1.58.